The van der Waals surface area contributed by atoms with Crippen LogP contribution in [0.25, 0.3) is 108 Å². The molecule has 0 unspecified atom stereocenters. The number of anilines is 6. The molecule has 0 aliphatic rings. The Morgan fingerprint density at radius 1 is 0.265 bits per heavy atom. The van der Waals surface area contributed by atoms with Crippen LogP contribution in [0, 0.1) is 0 Å². The van der Waals surface area contributed by atoms with Gasteiger partial charge in [0.15, 0.2) is 11.2 Å². The molecule has 0 atom stereocenters. The smallest absolute Gasteiger partial charge is 0.159 e. The lowest BCUT2D eigenvalue weighted by molar-refractivity contribution is 0.668. The van der Waals surface area contributed by atoms with E-state index in [0.717, 1.165) is 111 Å². The van der Waals surface area contributed by atoms with E-state index < -0.39 is 0 Å². The van der Waals surface area contributed by atoms with Crippen molar-refractivity contribution >= 4 is 153 Å². The van der Waals surface area contributed by atoms with Crippen LogP contribution in [-0.4, -0.2) is 0 Å². The first-order valence-electron chi connectivity index (χ1n) is 22.9. The maximum atomic E-state index is 6.77. The average Bonchev–Trinajstić information content (AvgIpc) is 4.15. The highest BCUT2D eigenvalue weighted by atomic mass is 32.1. The normalized spacial score (nSPS) is 12.1. The topological polar surface area (TPSA) is 45.9 Å². The maximum absolute atomic E-state index is 6.77. The Morgan fingerprint density at radius 3 is 1.34 bits per heavy atom. The highest BCUT2D eigenvalue weighted by Crippen LogP contribution is 2.47. The van der Waals surface area contributed by atoms with Gasteiger partial charge in [0.1, 0.15) is 22.3 Å². The van der Waals surface area contributed by atoms with Crippen molar-refractivity contribution in [2.45, 2.75) is 0 Å². The second-order valence-corrected chi connectivity index (χ2v) is 18.7. The van der Waals surface area contributed by atoms with Gasteiger partial charge in [-0.3, -0.25) is 0 Å². The molecule has 15 rings (SSSR count). The fraction of sp³-hybridized carbons (Fsp3) is 0. The van der Waals surface area contributed by atoms with Gasteiger partial charge in [-0.2, -0.15) is 0 Å². The molecule has 0 amide bonds. The number of fused-ring (bicyclic) bond motifs is 14. The molecule has 0 N–H and O–H groups in total. The monoisotopic (exact) mass is 888 g/mol. The minimum Gasteiger partial charge on any atom is -0.456 e. The largest absolute Gasteiger partial charge is 0.456 e. The summed E-state index contributed by atoms with van der Waals surface area (Å²) in [6, 6.07) is 77.7. The van der Waals surface area contributed by atoms with Gasteiger partial charge in [-0.25, -0.2) is 0 Å². The van der Waals surface area contributed by atoms with Crippen LogP contribution in [-0.2, 0) is 0 Å². The molecule has 0 saturated carbocycles. The van der Waals surface area contributed by atoms with Gasteiger partial charge < -0.3 is 23.1 Å². The van der Waals surface area contributed by atoms with Crippen LogP contribution in [0.5, 0.6) is 0 Å². The van der Waals surface area contributed by atoms with E-state index in [1.54, 1.807) is 0 Å². The summed E-state index contributed by atoms with van der Waals surface area (Å²) in [6.45, 7) is 0. The lowest BCUT2D eigenvalue weighted by Crippen LogP contribution is -2.10. The molecular weight excluding hydrogens is 853 g/mol. The Hall–Kier alpha value is -8.84. The molecular formula is C62H36N2O3S. The molecule has 4 heterocycles. The number of hydrogen-bond donors (Lipinski definition) is 0. The minimum atomic E-state index is 0.860. The van der Waals surface area contributed by atoms with Crippen LogP contribution in [0.15, 0.2) is 232 Å². The van der Waals surface area contributed by atoms with Gasteiger partial charge in [0.2, 0.25) is 0 Å². The Bertz CT molecular complexity index is 4230. The summed E-state index contributed by atoms with van der Waals surface area (Å²) in [5.41, 5.74) is 11.5. The zero-order valence-electron chi connectivity index (χ0n) is 36.3. The third-order valence-electron chi connectivity index (χ3n) is 13.7. The van der Waals surface area contributed by atoms with Gasteiger partial charge in [0.25, 0.3) is 0 Å². The molecule has 0 bridgehead atoms. The molecule has 15 aromatic rings. The molecule has 0 spiro atoms. The molecule has 0 saturated heterocycles. The van der Waals surface area contributed by atoms with Crippen molar-refractivity contribution < 1.29 is 13.3 Å². The number of hydrogen-bond acceptors (Lipinski definition) is 6. The van der Waals surface area contributed by atoms with E-state index in [2.05, 4.69) is 204 Å². The van der Waals surface area contributed by atoms with Gasteiger partial charge in [0.05, 0.1) is 11.4 Å². The maximum Gasteiger partial charge on any atom is 0.159 e. The molecule has 0 aliphatic carbocycles. The molecule has 11 aromatic carbocycles. The van der Waals surface area contributed by atoms with Crippen molar-refractivity contribution in [2.24, 2.45) is 0 Å². The summed E-state index contributed by atoms with van der Waals surface area (Å²) < 4.78 is 22.4. The van der Waals surface area contributed by atoms with E-state index in [4.69, 9.17) is 13.3 Å². The minimum absolute atomic E-state index is 0.860. The predicted octanol–water partition coefficient (Wildman–Crippen LogP) is 19.0. The van der Waals surface area contributed by atoms with Crippen LogP contribution in [0.3, 0.4) is 0 Å². The summed E-state index contributed by atoms with van der Waals surface area (Å²) in [4.78, 5) is 4.60. The van der Waals surface area contributed by atoms with Crippen molar-refractivity contribution in [1.82, 2.24) is 0 Å². The third kappa shape index (κ3) is 5.62. The number of furan rings is 3. The number of thiophene rings is 1. The summed E-state index contributed by atoms with van der Waals surface area (Å²) in [6.07, 6.45) is 0. The van der Waals surface area contributed by atoms with Crippen molar-refractivity contribution in [3.63, 3.8) is 0 Å². The molecule has 4 aromatic heterocycles. The first-order chi connectivity index (χ1) is 33.7. The van der Waals surface area contributed by atoms with E-state index in [1.165, 1.54) is 30.9 Å². The number of nitrogens with zero attached hydrogens (tertiary/aromatic N) is 2. The van der Waals surface area contributed by atoms with Gasteiger partial charge in [-0.05, 0) is 131 Å². The van der Waals surface area contributed by atoms with E-state index in [9.17, 15) is 0 Å². The Kier molecular flexibility index (Phi) is 7.88. The molecule has 318 valence electrons. The van der Waals surface area contributed by atoms with Crippen LogP contribution in [0.1, 0.15) is 0 Å². The summed E-state index contributed by atoms with van der Waals surface area (Å²) in [7, 11) is 0. The molecule has 0 aliphatic heterocycles. The molecule has 5 nitrogen and oxygen atoms in total. The predicted molar refractivity (Wildman–Crippen MR) is 286 cm³/mol. The molecule has 0 fully saturated rings. The van der Waals surface area contributed by atoms with Crippen molar-refractivity contribution in [3.05, 3.63) is 218 Å². The first-order valence-corrected chi connectivity index (χ1v) is 23.7. The average molecular weight is 889 g/mol. The lowest BCUT2D eigenvalue weighted by atomic mass is 10.0. The first kappa shape index (κ1) is 37.4. The molecule has 6 heteroatoms. The van der Waals surface area contributed by atoms with Crippen LogP contribution in [0.2, 0.25) is 0 Å². The zero-order valence-corrected chi connectivity index (χ0v) is 37.1. The summed E-state index contributed by atoms with van der Waals surface area (Å²) in [5.74, 6) is 0. The second kappa shape index (κ2) is 14.3. The fourth-order valence-electron chi connectivity index (χ4n) is 10.6. The second-order valence-electron chi connectivity index (χ2n) is 17.7. The van der Waals surface area contributed by atoms with Crippen LogP contribution in [0.4, 0.5) is 34.1 Å². The van der Waals surface area contributed by atoms with E-state index in [1.807, 2.05) is 35.6 Å². The fourth-order valence-corrected chi connectivity index (χ4v) is 11.8. The van der Waals surface area contributed by atoms with E-state index >= 15 is 0 Å². The lowest BCUT2D eigenvalue weighted by Gasteiger charge is -2.25. The van der Waals surface area contributed by atoms with Gasteiger partial charge in [-0.1, -0.05) is 109 Å². The Balaban J connectivity index is 0.836. The zero-order chi connectivity index (χ0) is 44.5. The number of benzene rings is 11. The highest BCUT2D eigenvalue weighted by molar-refractivity contribution is 7.26. The standard InChI is InChI=1S/C62H36N2O3S/c1-3-13-41(14-4-1)63(53-21-11-19-47-45-17-7-9-23-55(45)66-61(47)53)43-27-25-37-31-49-50-36-60-52(35-58(50)65-57(49)33-39(37)29-43)51-32-38-26-28-44(30-40(38)34-59(51)68-60)64(42-15-5-2-6-16-42)54-22-12-20-48-46-18-8-10-24-56(46)67-62(48)54/h1-36H. The summed E-state index contributed by atoms with van der Waals surface area (Å²) in [5, 5.41) is 13.7. The quantitative estimate of drug-likeness (QED) is 0.166. The van der Waals surface area contributed by atoms with Gasteiger partial charge in [-0.15, -0.1) is 11.3 Å². The van der Waals surface area contributed by atoms with Crippen LogP contribution >= 0.6 is 11.3 Å². The summed E-state index contributed by atoms with van der Waals surface area (Å²) >= 11 is 1.84. The van der Waals surface area contributed by atoms with Gasteiger partial charge in [0, 0.05) is 75.2 Å². The number of para-hydroxylation sites is 6. The third-order valence-corrected chi connectivity index (χ3v) is 14.9. The Morgan fingerprint density at radius 2 is 0.735 bits per heavy atom. The van der Waals surface area contributed by atoms with Crippen molar-refractivity contribution in [3.8, 4) is 0 Å². The molecule has 68 heavy (non-hydrogen) atoms. The van der Waals surface area contributed by atoms with Gasteiger partial charge >= 0.3 is 0 Å². The van der Waals surface area contributed by atoms with Crippen molar-refractivity contribution in [1.29, 1.82) is 0 Å². The van der Waals surface area contributed by atoms with E-state index in [-0.39, 0.29) is 0 Å². The van der Waals surface area contributed by atoms with Crippen LogP contribution < -0.4 is 9.80 Å². The SMILES string of the molecule is c1ccc(N(c2ccc3cc4c(cc3c2)oc2cc3c(cc24)sc2cc4cc(N(c5ccccc5)c5cccc6c5oc5ccccc56)ccc4cc23)c2cccc3c2oc2ccccc23)cc1. The Labute approximate surface area is 392 Å². The molecule has 0 radical (unpaired) electrons. The van der Waals surface area contributed by atoms with Crippen molar-refractivity contribution in [2.75, 3.05) is 9.80 Å². The highest BCUT2D eigenvalue weighted by Gasteiger charge is 2.22. The van der Waals surface area contributed by atoms with E-state index in [0.29, 0.717) is 0 Å². The number of rotatable bonds is 6.